The first-order valence-corrected chi connectivity index (χ1v) is 6.73. The van der Waals surface area contributed by atoms with Gasteiger partial charge in [0.25, 0.3) is 0 Å². The van der Waals surface area contributed by atoms with Crippen LogP contribution in [0.1, 0.15) is 17.3 Å². The minimum absolute atomic E-state index is 0.0238. The van der Waals surface area contributed by atoms with Crippen LogP contribution in [-0.2, 0) is 0 Å². The summed E-state index contributed by atoms with van der Waals surface area (Å²) in [4.78, 5) is 13.9. The fraction of sp³-hybridized carbons (Fsp3) is 0.0714. The summed E-state index contributed by atoms with van der Waals surface area (Å²) in [7, 11) is 0. The molecule has 0 amide bonds. The van der Waals surface area contributed by atoms with Crippen LogP contribution in [-0.4, -0.2) is 5.78 Å². The molecule has 0 radical (unpaired) electrons. The second-order valence-electron chi connectivity index (χ2n) is 4.07. The highest BCUT2D eigenvalue weighted by molar-refractivity contribution is 7.99. The first-order valence-electron chi connectivity index (χ1n) is 5.54. The first-order chi connectivity index (χ1) is 8.66. The standard InChI is InChI=1S/C14H10ClNOS/c1-8(17)13-9(15)6-7-12-14(13)16-10-4-2-3-5-11(10)18-12/h2-7,16H,1H3. The molecule has 1 aliphatic heterocycles. The highest BCUT2D eigenvalue weighted by Crippen LogP contribution is 2.46. The molecule has 0 unspecified atom stereocenters. The summed E-state index contributed by atoms with van der Waals surface area (Å²) in [6.07, 6.45) is 0. The third kappa shape index (κ3) is 1.80. The van der Waals surface area contributed by atoms with E-state index in [1.807, 2.05) is 24.3 Å². The van der Waals surface area contributed by atoms with Crippen molar-refractivity contribution in [3.63, 3.8) is 0 Å². The zero-order valence-electron chi connectivity index (χ0n) is 9.66. The molecule has 90 valence electrons. The number of rotatable bonds is 1. The van der Waals surface area contributed by atoms with Gasteiger partial charge in [-0.05, 0) is 31.2 Å². The zero-order chi connectivity index (χ0) is 12.7. The average molecular weight is 276 g/mol. The fourth-order valence-corrected chi connectivity index (χ4v) is 3.32. The van der Waals surface area contributed by atoms with Crippen LogP contribution in [0.25, 0.3) is 0 Å². The molecule has 0 bridgehead atoms. The number of hydrogen-bond donors (Lipinski definition) is 1. The highest BCUT2D eigenvalue weighted by Gasteiger charge is 2.21. The Kier molecular flexibility index (Phi) is 2.80. The average Bonchev–Trinajstić information content (AvgIpc) is 2.36. The summed E-state index contributed by atoms with van der Waals surface area (Å²) in [5.74, 6) is -0.0238. The van der Waals surface area contributed by atoms with Crippen molar-refractivity contribution in [2.45, 2.75) is 16.7 Å². The van der Waals surface area contributed by atoms with Crippen molar-refractivity contribution in [3.8, 4) is 0 Å². The number of fused-ring (bicyclic) bond motifs is 2. The van der Waals surface area contributed by atoms with Crippen LogP contribution in [0, 0.1) is 0 Å². The van der Waals surface area contributed by atoms with Crippen molar-refractivity contribution in [2.75, 3.05) is 5.32 Å². The van der Waals surface area contributed by atoms with Crippen LogP contribution in [0.2, 0.25) is 5.02 Å². The van der Waals surface area contributed by atoms with Crippen LogP contribution in [0.4, 0.5) is 11.4 Å². The summed E-state index contributed by atoms with van der Waals surface area (Å²) >= 11 is 7.76. The number of carbonyl (C=O) groups excluding carboxylic acids is 1. The number of carbonyl (C=O) groups is 1. The number of nitrogens with one attached hydrogen (secondary N) is 1. The zero-order valence-corrected chi connectivity index (χ0v) is 11.2. The van der Waals surface area contributed by atoms with Crippen LogP contribution in [0.5, 0.6) is 0 Å². The van der Waals surface area contributed by atoms with Gasteiger partial charge in [-0.3, -0.25) is 4.79 Å². The molecule has 0 saturated carbocycles. The topological polar surface area (TPSA) is 29.1 Å². The SMILES string of the molecule is CC(=O)c1c(Cl)ccc2c1Nc1ccccc1S2. The molecule has 0 saturated heterocycles. The normalized spacial score (nSPS) is 12.3. The van der Waals surface area contributed by atoms with E-state index in [1.165, 1.54) is 6.92 Å². The molecule has 2 nitrogen and oxygen atoms in total. The third-order valence-electron chi connectivity index (χ3n) is 2.83. The van der Waals surface area contributed by atoms with Gasteiger partial charge in [0.2, 0.25) is 0 Å². The van der Waals surface area contributed by atoms with E-state index in [2.05, 4.69) is 11.4 Å². The second kappa shape index (κ2) is 4.34. The van der Waals surface area contributed by atoms with Gasteiger partial charge in [-0.25, -0.2) is 0 Å². The van der Waals surface area contributed by atoms with E-state index < -0.39 is 0 Å². The monoisotopic (exact) mass is 275 g/mol. The first kappa shape index (κ1) is 11.6. The molecule has 1 heterocycles. The predicted octanol–water partition coefficient (Wildman–Crippen LogP) is 4.75. The Bertz CT molecular complexity index is 654. The summed E-state index contributed by atoms with van der Waals surface area (Å²) in [5, 5.41) is 3.80. The molecule has 0 spiro atoms. The highest BCUT2D eigenvalue weighted by atomic mass is 35.5. The lowest BCUT2D eigenvalue weighted by atomic mass is 10.1. The van der Waals surface area contributed by atoms with Crippen molar-refractivity contribution < 1.29 is 4.79 Å². The fourth-order valence-electron chi connectivity index (χ4n) is 2.02. The number of ketones is 1. The molecule has 0 aromatic heterocycles. The van der Waals surface area contributed by atoms with E-state index >= 15 is 0 Å². The molecule has 2 aromatic rings. The van der Waals surface area contributed by atoms with Gasteiger partial charge >= 0.3 is 0 Å². The van der Waals surface area contributed by atoms with Crippen molar-refractivity contribution in [1.82, 2.24) is 0 Å². The van der Waals surface area contributed by atoms with Gasteiger partial charge in [0.1, 0.15) is 0 Å². The van der Waals surface area contributed by atoms with Crippen molar-refractivity contribution in [3.05, 3.63) is 47.0 Å². The van der Waals surface area contributed by atoms with Crippen molar-refractivity contribution >= 4 is 40.5 Å². The largest absolute Gasteiger partial charge is 0.353 e. The lowest BCUT2D eigenvalue weighted by Crippen LogP contribution is -2.06. The van der Waals surface area contributed by atoms with Gasteiger partial charge in [0.05, 0.1) is 22.0 Å². The number of hydrogen-bond acceptors (Lipinski definition) is 3. The van der Waals surface area contributed by atoms with Crippen LogP contribution in [0.3, 0.4) is 0 Å². The van der Waals surface area contributed by atoms with E-state index in [0.29, 0.717) is 10.6 Å². The van der Waals surface area contributed by atoms with Gasteiger partial charge in [0.15, 0.2) is 5.78 Å². The summed E-state index contributed by atoms with van der Waals surface area (Å²) in [6, 6.07) is 11.7. The van der Waals surface area contributed by atoms with Gasteiger partial charge in [-0.1, -0.05) is 35.5 Å². The third-order valence-corrected chi connectivity index (χ3v) is 4.29. The number of benzene rings is 2. The quantitative estimate of drug-likeness (QED) is 0.650. The molecule has 0 aliphatic carbocycles. The second-order valence-corrected chi connectivity index (χ2v) is 5.57. The molecule has 4 heteroatoms. The van der Waals surface area contributed by atoms with Gasteiger partial charge in [-0.2, -0.15) is 0 Å². The molecular formula is C14H10ClNOS. The van der Waals surface area contributed by atoms with Crippen LogP contribution in [0.15, 0.2) is 46.2 Å². The lowest BCUT2D eigenvalue weighted by molar-refractivity contribution is 0.101. The Balaban J connectivity index is 2.19. The molecule has 0 atom stereocenters. The number of anilines is 2. The number of Topliss-reactive ketones (excluding diaryl/α,β-unsaturated/α-hetero) is 1. The van der Waals surface area contributed by atoms with E-state index in [9.17, 15) is 4.79 Å². The maximum absolute atomic E-state index is 11.7. The molecule has 1 aliphatic rings. The Morgan fingerprint density at radius 3 is 2.72 bits per heavy atom. The van der Waals surface area contributed by atoms with E-state index in [1.54, 1.807) is 17.8 Å². The van der Waals surface area contributed by atoms with Crippen LogP contribution >= 0.6 is 23.4 Å². The Morgan fingerprint density at radius 1 is 1.17 bits per heavy atom. The lowest BCUT2D eigenvalue weighted by Gasteiger charge is -2.23. The minimum Gasteiger partial charge on any atom is -0.353 e. The van der Waals surface area contributed by atoms with Gasteiger partial charge in [-0.15, -0.1) is 0 Å². The predicted molar refractivity (Wildman–Crippen MR) is 75.3 cm³/mol. The summed E-state index contributed by atoms with van der Waals surface area (Å²) in [6.45, 7) is 1.54. The van der Waals surface area contributed by atoms with E-state index in [4.69, 9.17) is 11.6 Å². The summed E-state index contributed by atoms with van der Waals surface area (Å²) < 4.78 is 0. The maximum Gasteiger partial charge on any atom is 0.163 e. The van der Waals surface area contributed by atoms with Crippen molar-refractivity contribution in [1.29, 1.82) is 0 Å². The molecule has 2 aromatic carbocycles. The van der Waals surface area contributed by atoms with Gasteiger partial charge < -0.3 is 5.32 Å². The Morgan fingerprint density at radius 2 is 1.94 bits per heavy atom. The van der Waals surface area contributed by atoms with Gasteiger partial charge in [0, 0.05) is 9.79 Å². The molecule has 18 heavy (non-hydrogen) atoms. The molecule has 1 N–H and O–H groups in total. The Hall–Kier alpha value is -1.45. The molecular weight excluding hydrogens is 266 g/mol. The summed E-state index contributed by atoms with van der Waals surface area (Å²) in [5.41, 5.74) is 2.40. The Labute approximate surface area is 114 Å². The molecule has 0 fully saturated rings. The van der Waals surface area contributed by atoms with E-state index in [-0.39, 0.29) is 5.78 Å². The van der Waals surface area contributed by atoms with Crippen molar-refractivity contribution in [2.24, 2.45) is 0 Å². The van der Waals surface area contributed by atoms with E-state index in [0.717, 1.165) is 21.2 Å². The maximum atomic E-state index is 11.7. The smallest absolute Gasteiger partial charge is 0.163 e. The molecule has 3 rings (SSSR count). The minimum atomic E-state index is -0.0238. The van der Waals surface area contributed by atoms with Crippen LogP contribution < -0.4 is 5.32 Å². The number of halogens is 1. The number of para-hydroxylation sites is 1.